The van der Waals surface area contributed by atoms with Crippen LogP contribution in [-0.4, -0.2) is 9.97 Å². The fourth-order valence-electron chi connectivity index (χ4n) is 0.934. The summed E-state index contributed by atoms with van der Waals surface area (Å²) < 4.78 is 0. The first-order valence-electron chi connectivity index (χ1n) is 3.47. The second-order valence-electron chi connectivity index (χ2n) is 2.31. The summed E-state index contributed by atoms with van der Waals surface area (Å²) in [4.78, 5) is 8.13. The van der Waals surface area contributed by atoms with Crippen molar-refractivity contribution in [2.24, 2.45) is 0 Å². The first kappa shape index (κ1) is 10.1. The Morgan fingerprint density at radius 2 is 2.23 bits per heavy atom. The molecule has 2 aromatic rings. The predicted molar refractivity (Wildman–Crippen MR) is 60.1 cm³/mol. The zero-order chi connectivity index (χ0) is 8.39. The van der Waals surface area contributed by atoms with Crippen molar-refractivity contribution in [3.05, 3.63) is 29.9 Å². The molecule has 0 atom stereocenters. The van der Waals surface area contributed by atoms with Gasteiger partial charge >= 0.3 is 0 Å². The van der Waals surface area contributed by atoms with E-state index in [-0.39, 0.29) is 17.0 Å². The van der Waals surface area contributed by atoms with Gasteiger partial charge in [0.15, 0.2) is 5.13 Å². The highest BCUT2D eigenvalue weighted by molar-refractivity contribution is 8.93. The molecule has 0 aliphatic rings. The van der Waals surface area contributed by atoms with Gasteiger partial charge in [0.05, 0.1) is 5.69 Å². The molecule has 2 aromatic heterocycles. The van der Waals surface area contributed by atoms with Crippen molar-refractivity contribution < 1.29 is 0 Å². The zero-order valence-electron chi connectivity index (χ0n) is 6.68. The molecule has 2 heterocycles. The monoisotopic (exact) mass is 257 g/mol. The fraction of sp³-hybridized carbons (Fsp3) is 0. The molecular weight excluding hydrogens is 250 g/mol. The van der Waals surface area contributed by atoms with Gasteiger partial charge in [0.1, 0.15) is 0 Å². The number of pyridine rings is 1. The summed E-state index contributed by atoms with van der Waals surface area (Å²) in [5.74, 6) is 0. The summed E-state index contributed by atoms with van der Waals surface area (Å²) in [5.41, 5.74) is 7.40. The van der Waals surface area contributed by atoms with Crippen molar-refractivity contribution >= 4 is 33.4 Å². The number of aromatic nitrogens is 2. The Labute approximate surface area is 90.4 Å². The number of rotatable bonds is 1. The van der Waals surface area contributed by atoms with Gasteiger partial charge in [-0.25, -0.2) is 4.98 Å². The number of halogens is 1. The molecule has 0 aliphatic heterocycles. The van der Waals surface area contributed by atoms with Gasteiger partial charge in [0, 0.05) is 23.3 Å². The molecule has 13 heavy (non-hydrogen) atoms. The summed E-state index contributed by atoms with van der Waals surface area (Å²) in [5, 5.41) is 2.51. The molecular formula is C8H8BrN3S. The number of nitrogen functional groups attached to an aromatic ring is 1. The van der Waals surface area contributed by atoms with Gasteiger partial charge in [-0.1, -0.05) is 0 Å². The van der Waals surface area contributed by atoms with Crippen molar-refractivity contribution in [3.63, 3.8) is 0 Å². The quantitative estimate of drug-likeness (QED) is 0.854. The van der Waals surface area contributed by atoms with E-state index in [2.05, 4.69) is 9.97 Å². The highest BCUT2D eigenvalue weighted by Crippen LogP contribution is 2.21. The van der Waals surface area contributed by atoms with Gasteiger partial charge in [-0.05, 0) is 12.1 Å². The molecule has 68 valence electrons. The van der Waals surface area contributed by atoms with Crippen molar-refractivity contribution in [2.75, 3.05) is 5.73 Å². The zero-order valence-corrected chi connectivity index (χ0v) is 9.20. The molecule has 0 saturated heterocycles. The number of anilines is 1. The van der Waals surface area contributed by atoms with Crippen LogP contribution in [-0.2, 0) is 0 Å². The van der Waals surface area contributed by atoms with Gasteiger partial charge in [0.25, 0.3) is 0 Å². The molecule has 0 fully saturated rings. The Balaban J connectivity index is 0.000000845. The van der Waals surface area contributed by atoms with Crippen LogP contribution in [0, 0.1) is 0 Å². The lowest BCUT2D eigenvalue weighted by Crippen LogP contribution is -1.83. The van der Waals surface area contributed by atoms with E-state index in [0.717, 1.165) is 11.3 Å². The van der Waals surface area contributed by atoms with Gasteiger partial charge in [-0.3, -0.25) is 4.98 Å². The molecule has 0 saturated carbocycles. The lowest BCUT2D eigenvalue weighted by Gasteiger charge is -1.91. The Morgan fingerprint density at radius 3 is 2.77 bits per heavy atom. The Kier molecular flexibility index (Phi) is 3.39. The summed E-state index contributed by atoms with van der Waals surface area (Å²) in [7, 11) is 0. The summed E-state index contributed by atoms with van der Waals surface area (Å²) in [6, 6.07) is 3.84. The summed E-state index contributed by atoms with van der Waals surface area (Å²) in [6.45, 7) is 0. The average molecular weight is 258 g/mol. The molecule has 0 spiro atoms. The summed E-state index contributed by atoms with van der Waals surface area (Å²) >= 11 is 1.44. The smallest absolute Gasteiger partial charge is 0.180 e. The molecule has 0 unspecified atom stereocenters. The minimum absolute atomic E-state index is 0. The third-order valence-corrected chi connectivity index (χ3v) is 2.15. The van der Waals surface area contributed by atoms with Crippen LogP contribution in [0.25, 0.3) is 11.3 Å². The van der Waals surface area contributed by atoms with Crippen LogP contribution in [0.1, 0.15) is 0 Å². The van der Waals surface area contributed by atoms with Crippen molar-refractivity contribution in [1.82, 2.24) is 9.97 Å². The van der Waals surface area contributed by atoms with E-state index < -0.39 is 0 Å². The van der Waals surface area contributed by atoms with Crippen LogP contribution in [0.5, 0.6) is 0 Å². The van der Waals surface area contributed by atoms with E-state index in [1.165, 1.54) is 11.3 Å². The topological polar surface area (TPSA) is 51.8 Å². The third kappa shape index (κ3) is 2.26. The number of nitrogens with zero attached hydrogens (tertiary/aromatic N) is 2. The van der Waals surface area contributed by atoms with E-state index in [4.69, 9.17) is 5.73 Å². The average Bonchev–Trinajstić information content (AvgIpc) is 2.54. The van der Waals surface area contributed by atoms with Gasteiger partial charge in [-0.15, -0.1) is 28.3 Å². The van der Waals surface area contributed by atoms with Crippen molar-refractivity contribution in [1.29, 1.82) is 0 Å². The number of hydrogen-bond donors (Lipinski definition) is 1. The van der Waals surface area contributed by atoms with Crippen LogP contribution < -0.4 is 5.73 Å². The highest BCUT2D eigenvalue weighted by atomic mass is 79.9. The van der Waals surface area contributed by atoms with E-state index in [1.807, 2.05) is 17.5 Å². The highest BCUT2D eigenvalue weighted by Gasteiger charge is 2.00. The largest absolute Gasteiger partial charge is 0.375 e. The third-order valence-electron chi connectivity index (χ3n) is 1.48. The Morgan fingerprint density at radius 1 is 1.38 bits per heavy atom. The van der Waals surface area contributed by atoms with Crippen LogP contribution >= 0.6 is 28.3 Å². The van der Waals surface area contributed by atoms with Crippen LogP contribution in [0.3, 0.4) is 0 Å². The van der Waals surface area contributed by atoms with E-state index >= 15 is 0 Å². The normalized spacial score (nSPS) is 9.23. The summed E-state index contributed by atoms with van der Waals surface area (Å²) in [6.07, 6.45) is 3.51. The Hall–Kier alpha value is -0.940. The van der Waals surface area contributed by atoms with Gasteiger partial charge < -0.3 is 5.73 Å². The number of thiazole rings is 1. The second-order valence-corrected chi connectivity index (χ2v) is 3.20. The lowest BCUT2D eigenvalue weighted by atomic mass is 10.2. The van der Waals surface area contributed by atoms with Crippen LogP contribution in [0.15, 0.2) is 29.9 Å². The maximum atomic E-state index is 5.50. The number of hydrogen-bond acceptors (Lipinski definition) is 4. The first-order chi connectivity index (χ1) is 5.86. The van der Waals surface area contributed by atoms with E-state index in [9.17, 15) is 0 Å². The number of nitrogens with two attached hydrogens (primary N) is 1. The molecule has 3 nitrogen and oxygen atoms in total. The minimum Gasteiger partial charge on any atom is -0.375 e. The van der Waals surface area contributed by atoms with Crippen LogP contribution in [0.4, 0.5) is 5.13 Å². The molecule has 0 bridgehead atoms. The van der Waals surface area contributed by atoms with Crippen molar-refractivity contribution in [3.8, 4) is 11.3 Å². The van der Waals surface area contributed by atoms with Crippen LogP contribution in [0.2, 0.25) is 0 Å². The maximum Gasteiger partial charge on any atom is 0.180 e. The molecule has 5 heteroatoms. The molecule has 0 aliphatic carbocycles. The first-order valence-corrected chi connectivity index (χ1v) is 4.35. The van der Waals surface area contributed by atoms with Crippen molar-refractivity contribution in [2.45, 2.75) is 0 Å². The SMILES string of the molecule is Br.Nc1nc(-c2cccnc2)cs1. The molecule has 0 radical (unpaired) electrons. The predicted octanol–water partition coefficient (Wildman–Crippen LogP) is 2.37. The lowest BCUT2D eigenvalue weighted by molar-refractivity contribution is 1.31. The van der Waals surface area contributed by atoms with Gasteiger partial charge in [0.2, 0.25) is 0 Å². The van der Waals surface area contributed by atoms with E-state index in [0.29, 0.717) is 5.13 Å². The van der Waals surface area contributed by atoms with Gasteiger partial charge in [-0.2, -0.15) is 0 Å². The second kappa shape index (κ2) is 4.34. The van der Waals surface area contributed by atoms with E-state index in [1.54, 1.807) is 12.4 Å². The maximum absolute atomic E-state index is 5.50. The molecule has 0 amide bonds. The molecule has 2 N–H and O–H groups in total. The molecule has 0 aromatic carbocycles. The minimum atomic E-state index is 0. The molecule has 2 rings (SSSR count). The Bertz CT molecular complexity index is 374. The fourth-order valence-corrected chi connectivity index (χ4v) is 1.51. The standard InChI is InChI=1S/C8H7N3S.BrH/c9-8-11-7(5-12-8)6-2-1-3-10-4-6;/h1-5H,(H2,9,11);1H.